The predicted molar refractivity (Wildman–Crippen MR) is 76.6 cm³/mol. The molecule has 0 saturated heterocycles. The molecule has 0 aliphatic heterocycles. The van der Waals surface area contributed by atoms with Crippen LogP contribution in [0.25, 0.3) is 0 Å². The third-order valence-electron chi connectivity index (χ3n) is 2.74. The first-order valence-electron chi connectivity index (χ1n) is 6.28. The number of hydrogen-bond acceptors (Lipinski definition) is 3. The maximum atomic E-state index is 6.17. The summed E-state index contributed by atoms with van der Waals surface area (Å²) >= 11 is 6.17. The van der Waals surface area contributed by atoms with Crippen LogP contribution in [0, 0.1) is 6.92 Å². The fraction of sp³-hybridized carbons (Fsp3) is 0.333. The van der Waals surface area contributed by atoms with E-state index in [0.29, 0.717) is 23.3 Å². The Bertz CT molecular complexity index is 556. The number of hydrogen-bond donors (Lipinski definition) is 0. The highest BCUT2D eigenvalue weighted by atomic mass is 35.5. The Morgan fingerprint density at radius 2 is 1.84 bits per heavy atom. The number of ether oxygens (including phenoxy) is 1. The van der Waals surface area contributed by atoms with Gasteiger partial charge in [-0.05, 0) is 18.4 Å². The van der Waals surface area contributed by atoms with Gasteiger partial charge in [-0.15, -0.1) is 0 Å². The van der Waals surface area contributed by atoms with Gasteiger partial charge in [-0.1, -0.05) is 55.8 Å². The summed E-state index contributed by atoms with van der Waals surface area (Å²) in [5, 5.41) is 0.382. The van der Waals surface area contributed by atoms with Crippen molar-refractivity contribution in [2.45, 2.75) is 33.3 Å². The highest BCUT2D eigenvalue weighted by Crippen LogP contribution is 2.31. The average molecular weight is 277 g/mol. The maximum absolute atomic E-state index is 6.17. The Labute approximate surface area is 118 Å². The molecular formula is C15H17ClN2O. The number of aryl methyl sites for hydroxylation is 1. The molecule has 0 bridgehead atoms. The third-order valence-corrected chi connectivity index (χ3v) is 2.99. The molecule has 1 heterocycles. The Morgan fingerprint density at radius 3 is 2.47 bits per heavy atom. The van der Waals surface area contributed by atoms with E-state index < -0.39 is 0 Å². The van der Waals surface area contributed by atoms with Gasteiger partial charge in [-0.3, -0.25) is 0 Å². The maximum Gasteiger partial charge on any atom is 0.178 e. The summed E-state index contributed by atoms with van der Waals surface area (Å²) in [5.41, 5.74) is 1.95. The van der Waals surface area contributed by atoms with Crippen molar-refractivity contribution in [1.29, 1.82) is 0 Å². The van der Waals surface area contributed by atoms with E-state index in [-0.39, 0.29) is 5.92 Å². The fourth-order valence-electron chi connectivity index (χ4n) is 1.80. The van der Waals surface area contributed by atoms with Gasteiger partial charge in [-0.2, -0.15) is 0 Å². The summed E-state index contributed by atoms with van der Waals surface area (Å²) in [4.78, 5) is 8.58. The molecule has 2 aromatic rings. The second kappa shape index (κ2) is 6.02. The number of rotatable bonds is 4. The lowest BCUT2D eigenvalue weighted by molar-refractivity contribution is 0.298. The molecule has 2 rings (SSSR count). The molecule has 3 nitrogen and oxygen atoms in total. The minimum Gasteiger partial charge on any atom is -0.484 e. The van der Waals surface area contributed by atoms with E-state index >= 15 is 0 Å². The van der Waals surface area contributed by atoms with Crippen molar-refractivity contribution in [3.63, 3.8) is 0 Å². The van der Waals surface area contributed by atoms with Gasteiger partial charge >= 0.3 is 0 Å². The lowest BCUT2D eigenvalue weighted by Crippen LogP contribution is -2.05. The van der Waals surface area contributed by atoms with Crippen LogP contribution in [-0.2, 0) is 6.61 Å². The van der Waals surface area contributed by atoms with Crippen LogP contribution in [0.15, 0.2) is 30.3 Å². The largest absolute Gasteiger partial charge is 0.484 e. The van der Waals surface area contributed by atoms with Crippen LogP contribution in [0.2, 0.25) is 5.15 Å². The number of benzene rings is 1. The molecule has 1 aromatic carbocycles. The molecule has 0 saturated carbocycles. The smallest absolute Gasteiger partial charge is 0.178 e. The second-order valence-electron chi connectivity index (χ2n) is 4.70. The van der Waals surface area contributed by atoms with E-state index in [1.54, 1.807) is 0 Å². The first-order chi connectivity index (χ1) is 9.08. The van der Waals surface area contributed by atoms with Gasteiger partial charge in [0.15, 0.2) is 10.9 Å². The highest BCUT2D eigenvalue weighted by Gasteiger charge is 2.16. The van der Waals surface area contributed by atoms with Gasteiger partial charge in [0.05, 0.1) is 5.69 Å². The molecule has 0 aliphatic carbocycles. The van der Waals surface area contributed by atoms with Crippen LogP contribution in [0.3, 0.4) is 0 Å². The van der Waals surface area contributed by atoms with E-state index in [1.165, 1.54) is 0 Å². The lowest BCUT2D eigenvalue weighted by Gasteiger charge is -2.14. The molecular weight excluding hydrogens is 260 g/mol. The van der Waals surface area contributed by atoms with E-state index in [0.717, 1.165) is 11.3 Å². The standard InChI is InChI=1S/C15H17ClN2O/c1-10(2)13-14(15(16)18-11(3)17-13)19-9-12-7-5-4-6-8-12/h4-8,10H,9H2,1-3H3. The number of nitrogens with zero attached hydrogens (tertiary/aromatic N) is 2. The summed E-state index contributed by atoms with van der Waals surface area (Å²) in [5.74, 6) is 1.50. The van der Waals surface area contributed by atoms with Crippen LogP contribution >= 0.6 is 11.6 Å². The van der Waals surface area contributed by atoms with Gasteiger partial charge in [0.1, 0.15) is 12.4 Å². The minimum atomic E-state index is 0.241. The second-order valence-corrected chi connectivity index (χ2v) is 5.06. The van der Waals surface area contributed by atoms with E-state index in [1.807, 2.05) is 37.3 Å². The summed E-state index contributed by atoms with van der Waals surface area (Å²) < 4.78 is 5.81. The first kappa shape index (κ1) is 13.8. The van der Waals surface area contributed by atoms with Gasteiger partial charge in [0.2, 0.25) is 0 Å². The number of halogens is 1. The average Bonchev–Trinajstić information content (AvgIpc) is 2.38. The number of aromatic nitrogens is 2. The van der Waals surface area contributed by atoms with E-state index in [2.05, 4.69) is 23.8 Å². The molecule has 0 radical (unpaired) electrons. The molecule has 1 aromatic heterocycles. The molecule has 0 N–H and O–H groups in total. The third kappa shape index (κ3) is 3.44. The van der Waals surface area contributed by atoms with Crippen molar-refractivity contribution in [3.05, 3.63) is 52.6 Å². The van der Waals surface area contributed by atoms with Crippen LogP contribution < -0.4 is 4.74 Å². The molecule has 0 fully saturated rings. The van der Waals surface area contributed by atoms with Gasteiger partial charge < -0.3 is 4.74 Å². The topological polar surface area (TPSA) is 35.0 Å². The van der Waals surface area contributed by atoms with Gasteiger partial charge in [-0.25, -0.2) is 9.97 Å². The van der Waals surface area contributed by atoms with E-state index in [4.69, 9.17) is 16.3 Å². The van der Waals surface area contributed by atoms with Crippen LogP contribution in [0.1, 0.15) is 36.8 Å². The molecule has 0 amide bonds. The summed E-state index contributed by atoms with van der Waals surface area (Å²) in [6.07, 6.45) is 0. The Balaban J connectivity index is 2.24. The Hall–Kier alpha value is -1.61. The van der Waals surface area contributed by atoms with Crippen molar-refractivity contribution >= 4 is 11.6 Å². The summed E-state index contributed by atoms with van der Waals surface area (Å²) in [6.45, 7) is 6.42. The van der Waals surface area contributed by atoms with E-state index in [9.17, 15) is 0 Å². The Morgan fingerprint density at radius 1 is 1.16 bits per heavy atom. The zero-order valence-electron chi connectivity index (χ0n) is 11.4. The van der Waals surface area contributed by atoms with Gasteiger partial charge in [0.25, 0.3) is 0 Å². The fourth-order valence-corrected chi connectivity index (χ4v) is 2.08. The Kier molecular flexibility index (Phi) is 4.38. The van der Waals surface area contributed by atoms with Crippen LogP contribution in [0.5, 0.6) is 5.75 Å². The normalized spacial score (nSPS) is 10.8. The van der Waals surface area contributed by atoms with Gasteiger partial charge in [0, 0.05) is 0 Å². The minimum absolute atomic E-state index is 0.241. The predicted octanol–water partition coefficient (Wildman–Crippen LogP) is 4.14. The molecule has 0 unspecified atom stereocenters. The molecule has 19 heavy (non-hydrogen) atoms. The molecule has 0 atom stereocenters. The van der Waals surface area contributed by atoms with Crippen molar-refractivity contribution < 1.29 is 4.74 Å². The highest BCUT2D eigenvalue weighted by molar-refractivity contribution is 6.30. The van der Waals surface area contributed by atoms with Crippen LogP contribution in [-0.4, -0.2) is 9.97 Å². The quantitative estimate of drug-likeness (QED) is 0.787. The lowest BCUT2D eigenvalue weighted by atomic mass is 10.1. The van der Waals surface area contributed by atoms with Crippen molar-refractivity contribution in [2.75, 3.05) is 0 Å². The van der Waals surface area contributed by atoms with Crippen molar-refractivity contribution in [3.8, 4) is 5.75 Å². The van der Waals surface area contributed by atoms with Crippen molar-refractivity contribution in [1.82, 2.24) is 9.97 Å². The van der Waals surface area contributed by atoms with Crippen LogP contribution in [0.4, 0.5) is 0 Å². The summed E-state index contributed by atoms with van der Waals surface area (Å²) in [7, 11) is 0. The molecule has 100 valence electrons. The zero-order valence-corrected chi connectivity index (χ0v) is 12.1. The SMILES string of the molecule is Cc1nc(Cl)c(OCc2ccccc2)c(C(C)C)n1. The van der Waals surface area contributed by atoms with Crippen molar-refractivity contribution in [2.24, 2.45) is 0 Å². The summed E-state index contributed by atoms with van der Waals surface area (Å²) in [6, 6.07) is 9.96. The molecule has 0 aliphatic rings. The first-order valence-corrected chi connectivity index (χ1v) is 6.66. The molecule has 4 heteroatoms. The molecule has 0 spiro atoms. The monoisotopic (exact) mass is 276 g/mol. The zero-order chi connectivity index (χ0) is 13.8.